The molecule has 3 N–H and O–H groups in total. The molecular weight excluding hydrogens is 132 g/mol. The third-order valence-electron chi connectivity index (χ3n) is 0.853. The lowest BCUT2D eigenvalue weighted by molar-refractivity contribution is 0.881. The Hall–Kier alpha value is -1.61. The van der Waals surface area contributed by atoms with Gasteiger partial charge >= 0.3 is 0 Å². The molecule has 0 amide bonds. The Morgan fingerprint density at radius 2 is 2.60 bits per heavy atom. The van der Waals surface area contributed by atoms with Crippen LogP contribution in [0.4, 0.5) is 5.95 Å². The van der Waals surface area contributed by atoms with Gasteiger partial charge in [-0.3, -0.25) is 5.01 Å². The van der Waals surface area contributed by atoms with Crippen LogP contribution in [0.1, 0.15) is 0 Å². The van der Waals surface area contributed by atoms with E-state index in [0.29, 0.717) is 0 Å². The molecule has 0 radical (unpaired) electrons. The number of hydrazine groups is 1. The van der Waals surface area contributed by atoms with Gasteiger partial charge in [0.25, 0.3) is 5.95 Å². The summed E-state index contributed by atoms with van der Waals surface area (Å²) in [5.41, 5.74) is 0. The summed E-state index contributed by atoms with van der Waals surface area (Å²) in [5, 5.41) is 13.9. The van der Waals surface area contributed by atoms with E-state index in [9.17, 15) is 0 Å². The first kappa shape index (κ1) is 6.51. The zero-order valence-electron chi connectivity index (χ0n) is 5.15. The van der Waals surface area contributed by atoms with Crippen LogP contribution in [-0.2, 0) is 0 Å². The summed E-state index contributed by atoms with van der Waals surface area (Å²) in [6, 6.07) is 0. The zero-order valence-corrected chi connectivity index (χ0v) is 5.15. The van der Waals surface area contributed by atoms with E-state index in [1.165, 1.54) is 5.01 Å². The number of hydrogen-bond donors (Lipinski definition) is 2. The highest BCUT2D eigenvalue weighted by Gasteiger charge is 2.02. The van der Waals surface area contributed by atoms with Gasteiger partial charge in [0.2, 0.25) is 0 Å². The molecule has 1 heterocycles. The number of anilines is 1. The van der Waals surface area contributed by atoms with Gasteiger partial charge in [-0.15, -0.1) is 11.5 Å². The number of rotatable bonds is 2. The summed E-state index contributed by atoms with van der Waals surface area (Å²) in [7, 11) is 0. The molecule has 6 heteroatoms. The summed E-state index contributed by atoms with van der Waals surface area (Å²) >= 11 is 0. The lowest BCUT2D eigenvalue weighted by atomic mass is 10.6. The Labute approximate surface area is 57.4 Å². The van der Waals surface area contributed by atoms with Gasteiger partial charge in [0.05, 0.1) is 6.54 Å². The zero-order chi connectivity index (χ0) is 7.40. The maximum atomic E-state index is 5.36. The molecule has 0 unspecified atom stereocenters. The minimum absolute atomic E-state index is 0.263. The molecule has 0 spiro atoms. The number of tetrazole rings is 1. The third-order valence-corrected chi connectivity index (χ3v) is 0.853. The Bertz CT molecular complexity index is 220. The standard InChI is InChI=1S/C4H6N6/c1-2-3-10(5)4-6-8-9-7-4/h1H,3,5H2,(H,6,7,8,9). The molecular formula is C4H6N6. The Morgan fingerprint density at radius 3 is 3.10 bits per heavy atom. The van der Waals surface area contributed by atoms with Crippen molar-refractivity contribution in [2.45, 2.75) is 0 Å². The van der Waals surface area contributed by atoms with Gasteiger partial charge in [0, 0.05) is 0 Å². The highest BCUT2D eigenvalue weighted by atomic mass is 15.6. The summed E-state index contributed by atoms with van der Waals surface area (Å²) in [6.07, 6.45) is 4.98. The van der Waals surface area contributed by atoms with E-state index < -0.39 is 0 Å². The van der Waals surface area contributed by atoms with Gasteiger partial charge in [-0.25, -0.2) is 5.84 Å². The fourth-order valence-corrected chi connectivity index (χ4v) is 0.447. The molecule has 0 aliphatic heterocycles. The molecule has 0 aromatic carbocycles. The van der Waals surface area contributed by atoms with Crippen molar-refractivity contribution >= 4 is 5.95 Å². The van der Waals surface area contributed by atoms with E-state index in [1.54, 1.807) is 0 Å². The van der Waals surface area contributed by atoms with E-state index in [0.717, 1.165) is 0 Å². The maximum absolute atomic E-state index is 5.36. The minimum Gasteiger partial charge on any atom is -0.264 e. The third kappa shape index (κ3) is 1.21. The quantitative estimate of drug-likeness (QED) is 0.295. The molecule has 0 aliphatic rings. The van der Waals surface area contributed by atoms with Crippen molar-refractivity contribution in [2.75, 3.05) is 11.6 Å². The first-order valence-corrected chi connectivity index (χ1v) is 2.53. The number of terminal acetylenes is 1. The number of H-pyrrole nitrogens is 1. The maximum Gasteiger partial charge on any atom is 0.280 e. The number of nitrogens with two attached hydrogens (primary N) is 1. The van der Waals surface area contributed by atoms with Crippen molar-refractivity contribution in [3.63, 3.8) is 0 Å². The number of aromatic amines is 1. The second-order valence-electron chi connectivity index (χ2n) is 1.54. The molecule has 10 heavy (non-hydrogen) atoms. The normalized spacial score (nSPS) is 8.80. The van der Waals surface area contributed by atoms with Crippen LogP contribution in [0.15, 0.2) is 0 Å². The fraction of sp³-hybridized carbons (Fsp3) is 0.250. The van der Waals surface area contributed by atoms with Gasteiger partial charge < -0.3 is 0 Å². The van der Waals surface area contributed by atoms with Crippen molar-refractivity contribution in [2.24, 2.45) is 5.84 Å². The lowest BCUT2D eigenvalue weighted by Crippen LogP contribution is -2.32. The topological polar surface area (TPSA) is 83.7 Å². The molecule has 0 saturated heterocycles. The lowest BCUT2D eigenvalue weighted by Gasteiger charge is -2.07. The second-order valence-corrected chi connectivity index (χ2v) is 1.54. The molecule has 1 aromatic rings. The molecule has 0 bridgehead atoms. The highest BCUT2D eigenvalue weighted by Crippen LogP contribution is 1.93. The average molecular weight is 138 g/mol. The smallest absolute Gasteiger partial charge is 0.264 e. The van der Waals surface area contributed by atoms with Crippen LogP contribution in [0.5, 0.6) is 0 Å². The van der Waals surface area contributed by atoms with E-state index >= 15 is 0 Å². The summed E-state index contributed by atoms with van der Waals surface area (Å²) in [4.78, 5) is 0. The summed E-state index contributed by atoms with van der Waals surface area (Å²) in [6.45, 7) is 0.263. The number of aromatic nitrogens is 4. The van der Waals surface area contributed by atoms with Crippen LogP contribution in [0, 0.1) is 12.3 Å². The predicted molar refractivity (Wildman–Crippen MR) is 34.5 cm³/mol. The van der Waals surface area contributed by atoms with Gasteiger partial charge in [-0.1, -0.05) is 11.0 Å². The molecule has 52 valence electrons. The van der Waals surface area contributed by atoms with Gasteiger partial charge in [-0.2, -0.15) is 5.21 Å². The Balaban J connectivity index is 2.61. The monoisotopic (exact) mass is 138 g/mol. The van der Waals surface area contributed by atoms with Crippen molar-refractivity contribution in [3.8, 4) is 12.3 Å². The Kier molecular flexibility index (Phi) is 1.82. The van der Waals surface area contributed by atoms with Crippen molar-refractivity contribution in [1.29, 1.82) is 0 Å². The molecule has 0 atom stereocenters. The summed E-state index contributed by atoms with van der Waals surface area (Å²) < 4.78 is 0. The molecule has 0 fully saturated rings. The number of hydrogen-bond acceptors (Lipinski definition) is 5. The van der Waals surface area contributed by atoms with E-state index in [1.807, 2.05) is 0 Å². The molecule has 0 aliphatic carbocycles. The first-order chi connectivity index (χ1) is 4.84. The second kappa shape index (κ2) is 2.80. The van der Waals surface area contributed by atoms with E-state index in [2.05, 4.69) is 26.5 Å². The molecule has 0 saturated carbocycles. The summed E-state index contributed by atoms with van der Waals surface area (Å²) in [5.74, 6) is 7.98. The minimum atomic E-state index is 0.263. The first-order valence-electron chi connectivity index (χ1n) is 2.53. The van der Waals surface area contributed by atoms with Crippen molar-refractivity contribution in [3.05, 3.63) is 0 Å². The highest BCUT2D eigenvalue weighted by molar-refractivity contribution is 5.24. The Morgan fingerprint density at radius 1 is 1.80 bits per heavy atom. The van der Waals surface area contributed by atoms with Crippen molar-refractivity contribution in [1.82, 2.24) is 20.6 Å². The fourth-order valence-electron chi connectivity index (χ4n) is 0.447. The van der Waals surface area contributed by atoms with Crippen LogP contribution in [0.3, 0.4) is 0 Å². The number of nitrogens with one attached hydrogen (secondary N) is 1. The van der Waals surface area contributed by atoms with Crippen LogP contribution in [0.2, 0.25) is 0 Å². The van der Waals surface area contributed by atoms with Crippen LogP contribution >= 0.6 is 0 Å². The van der Waals surface area contributed by atoms with Gasteiger partial charge in [0.1, 0.15) is 0 Å². The van der Waals surface area contributed by atoms with Crippen LogP contribution in [0.25, 0.3) is 0 Å². The van der Waals surface area contributed by atoms with Crippen molar-refractivity contribution < 1.29 is 0 Å². The molecule has 1 rings (SSSR count). The van der Waals surface area contributed by atoms with Crippen LogP contribution in [-0.4, -0.2) is 27.2 Å². The SMILES string of the molecule is C#CCN(N)c1nn[nH]n1. The van der Waals surface area contributed by atoms with E-state index in [4.69, 9.17) is 12.3 Å². The predicted octanol–water partition coefficient (Wildman–Crippen LogP) is -1.49. The van der Waals surface area contributed by atoms with E-state index in [-0.39, 0.29) is 12.5 Å². The largest absolute Gasteiger partial charge is 0.280 e. The number of nitrogens with zero attached hydrogens (tertiary/aromatic N) is 4. The molecule has 1 aromatic heterocycles. The van der Waals surface area contributed by atoms with Gasteiger partial charge in [-0.05, 0) is 5.21 Å². The molecule has 6 nitrogen and oxygen atoms in total. The average Bonchev–Trinajstić information content (AvgIpc) is 2.38. The van der Waals surface area contributed by atoms with Gasteiger partial charge in [0.15, 0.2) is 0 Å². The van der Waals surface area contributed by atoms with Crippen LogP contribution < -0.4 is 10.9 Å².